The fourth-order valence-corrected chi connectivity index (χ4v) is 3.10. The van der Waals surface area contributed by atoms with E-state index in [9.17, 15) is 0 Å². The van der Waals surface area contributed by atoms with Crippen LogP contribution in [0, 0.1) is 0 Å². The van der Waals surface area contributed by atoms with Gasteiger partial charge in [0.15, 0.2) is 11.6 Å². The van der Waals surface area contributed by atoms with Crippen molar-refractivity contribution >= 4 is 33.8 Å². The molecule has 0 aliphatic rings. The second-order valence-electron chi connectivity index (χ2n) is 6.41. The van der Waals surface area contributed by atoms with Gasteiger partial charge in [-0.05, 0) is 23.9 Å². The quantitative estimate of drug-likeness (QED) is 0.463. The monoisotopic (exact) mass is 355 g/mol. The molecule has 5 heteroatoms. The van der Waals surface area contributed by atoms with Gasteiger partial charge in [-0.3, -0.25) is 0 Å². The van der Waals surface area contributed by atoms with E-state index >= 15 is 0 Å². The first-order valence-electron chi connectivity index (χ1n) is 8.89. The van der Waals surface area contributed by atoms with Crippen LogP contribution in [-0.4, -0.2) is 9.97 Å². The van der Waals surface area contributed by atoms with Crippen LogP contribution in [0.5, 0.6) is 0 Å². The van der Waals surface area contributed by atoms with Crippen LogP contribution in [0.15, 0.2) is 79.1 Å². The molecule has 4 aromatic rings. The van der Waals surface area contributed by atoms with Crippen LogP contribution in [0.2, 0.25) is 0 Å². The van der Waals surface area contributed by atoms with E-state index in [-0.39, 0.29) is 6.04 Å². The minimum Gasteiger partial charge on any atom is -0.393 e. The maximum Gasteiger partial charge on any atom is 0.159 e. The minimum absolute atomic E-state index is 0.0776. The first-order valence-corrected chi connectivity index (χ1v) is 8.89. The molecule has 0 aliphatic heterocycles. The van der Waals surface area contributed by atoms with Gasteiger partial charge in [0, 0.05) is 11.1 Å². The molecular formula is C22H21N5. The number of nitrogens with one attached hydrogen (secondary N) is 2. The van der Waals surface area contributed by atoms with Crippen LogP contribution in [0.4, 0.5) is 23.0 Å². The number of nitrogens with zero attached hydrogens (tertiary/aromatic N) is 2. The summed E-state index contributed by atoms with van der Waals surface area (Å²) in [6, 6.07) is 24.6. The maximum atomic E-state index is 6.35. The number of hydrogen-bond donors (Lipinski definition) is 3. The largest absolute Gasteiger partial charge is 0.393 e. The summed E-state index contributed by atoms with van der Waals surface area (Å²) in [5.41, 5.74) is 8.97. The van der Waals surface area contributed by atoms with E-state index in [0.29, 0.717) is 17.3 Å². The van der Waals surface area contributed by atoms with E-state index in [4.69, 9.17) is 5.73 Å². The fraction of sp³-hybridized carbons (Fsp3) is 0.0909. The van der Waals surface area contributed by atoms with Crippen molar-refractivity contribution in [2.24, 2.45) is 0 Å². The molecule has 0 radical (unpaired) electrons. The maximum absolute atomic E-state index is 6.35. The molecule has 27 heavy (non-hydrogen) atoms. The van der Waals surface area contributed by atoms with Crippen LogP contribution >= 0.6 is 0 Å². The van der Waals surface area contributed by atoms with Gasteiger partial charge in [0.2, 0.25) is 0 Å². The molecule has 0 saturated heterocycles. The average Bonchev–Trinajstić information content (AvgIpc) is 2.72. The Morgan fingerprint density at radius 3 is 2.37 bits per heavy atom. The van der Waals surface area contributed by atoms with Gasteiger partial charge in [-0.15, -0.1) is 0 Å². The fourth-order valence-electron chi connectivity index (χ4n) is 3.10. The van der Waals surface area contributed by atoms with Crippen molar-refractivity contribution in [3.63, 3.8) is 0 Å². The van der Waals surface area contributed by atoms with E-state index < -0.39 is 0 Å². The molecule has 4 N–H and O–H groups in total. The van der Waals surface area contributed by atoms with Gasteiger partial charge >= 0.3 is 0 Å². The van der Waals surface area contributed by atoms with Crippen molar-refractivity contribution in [2.45, 2.75) is 13.0 Å². The predicted molar refractivity (Wildman–Crippen MR) is 112 cm³/mol. The number of hydrogen-bond acceptors (Lipinski definition) is 5. The summed E-state index contributed by atoms with van der Waals surface area (Å²) in [6.45, 7) is 2.08. The average molecular weight is 355 g/mol. The third-order valence-electron chi connectivity index (χ3n) is 4.58. The molecule has 4 rings (SSSR count). The lowest BCUT2D eigenvalue weighted by molar-refractivity contribution is 0.873. The van der Waals surface area contributed by atoms with Crippen LogP contribution in [0.3, 0.4) is 0 Å². The molecule has 0 aliphatic carbocycles. The van der Waals surface area contributed by atoms with Crippen LogP contribution < -0.4 is 16.4 Å². The van der Waals surface area contributed by atoms with Gasteiger partial charge in [-0.1, -0.05) is 66.7 Å². The van der Waals surface area contributed by atoms with Crippen LogP contribution in [0.1, 0.15) is 18.5 Å². The van der Waals surface area contributed by atoms with Crippen molar-refractivity contribution in [3.8, 4) is 0 Å². The highest BCUT2D eigenvalue weighted by Gasteiger charge is 2.12. The summed E-state index contributed by atoms with van der Waals surface area (Å²) in [5, 5.41) is 9.00. The Morgan fingerprint density at radius 2 is 1.52 bits per heavy atom. The molecule has 3 aromatic carbocycles. The van der Waals surface area contributed by atoms with E-state index in [2.05, 4.69) is 57.9 Å². The SMILES string of the molecule is CC(Nc1ncnc(Nc2cccc3ccccc23)c1N)c1ccccc1. The highest BCUT2D eigenvalue weighted by Crippen LogP contribution is 2.31. The third kappa shape index (κ3) is 3.53. The van der Waals surface area contributed by atoms with Gasteiger partial charge in [0.05, 0.1) is 6.04 Å². The number of fused-ring (bicyclic) bond motifs is 1. The van der Waals surface area contributed by atoms with Gasteiger partial charge in [-0.2, -0.15) is 0 Å². The molecule has 0 amide bonds. The Balaban J connectivity index is 1.62. The Kier molecular flexibility index (Phi) is 4.58. The minimum atomic E-state index is 0.0776. The predicted octanol–water partition coefficient (Wildman–Crippen LogP) is 5.13. The second-order valence-corrected chi connectivity index (χ2v) is 6.41. The van der Waals surface area contributed by atoms with E-state index in [1.165, 1.54) is 11.9 Å². The molecule has 0 bridgehead atoms. The Morgan fingerprint density at radius 1 is 0.815 bits per heavy atom. The summed E-state index contributed by atoms with van der Waals surface area (Å²) >= 11 is 0. The molecule has 1 aromatic heterocycles. The van der Waals surface area contributed by atoms with Crippen LogP contribution in [0.25, 0.3) is 10.8 Å². The highest BCUT2D eigenvalue weighted by atomic mass is 15.1. The molecule has 134 valence electrons. The molecule has 1 atom stereocenters. The standard InChI is InChI=1S/C22H21N5/c1-15(16-8-3-2-4-9-16)26-21-20(23)22(25-14-24-21)27-19-13-7-11-17-10-5-6-12-18(17)19/h2-15H,23H2,1H3,(H2,24,25,26,27). The third-order valence-corrected chi connectivity index (χ3v) is 4.58. The zero-order valence-electron chi connectivity index (χ0n) is 15.1. The van der Waals surface area contributed by atoms with Crippen molar-refractivity contribution in [1.82, 2.24) is 9.97 Å². The molecule has 5 nitrogen and oxygen atoms in total. The Bertz CT molecular complexity index is 1060. The topological polar surface area (TPSA) is 75.9 Å². The number of aromatic nitrogens is 2. The number of benzene rings is 3. The number of nitrogens with two attached hydrogens (primary N) is 1. The highest BCUT2D eigenvalue weighted by molar-refractivity contribution is 5.96. The molecule has 0 fully saturated rings. The van der Waals surface area contributed by atoms with E-state index in [0.717, 1.165) is 16.5 Å². The van der Waals surface area contributed by atoms with Crippen molar-refractivity contribution < 1.29 is 0 Å². The van der Waals surface area contributed by atoms with Crippen molar-refractivity contribution in [1.29, 1.82) is 0 Å². The summed E-state index contributed by atoms with van der Waals surface area (Å²) < 4.78 is 0. The summed E-state index contributed by atoms with van der Waals surface area (Å²) in [4.78, 5) is 8.65. The molecule has 0 saturated carbocycles. The van der Waals surface area contributed by atoms with E-state index in [1.54, 1.807) is 0 Å². The first-order chi connectivity index (χ1) is 13.2. The van der Waals surface area contributed by atoms with Crippen LogP contribution in [-0.2, 0) is 0 Å². The number of nitrogen functional groups attached to an aromatic ring is 1. The van der Waals surface area contributed by atoms with Crippen molar-refractivity contribution in [3.05, 3.63) is 84.7 Å². The lowest BCUT2D eigenvalue weighted by atomic mass is 10.1. The Labute approximate surface area is 158 Å². The molecular weight excluding hydrogens is 334 g/mol. The second kappa shape index (κ2) is 7.33. The Hall–Kier alpha value is -3.60. The summed E-state index contributed by atoms with van der Waals surface area (Å²) in [5.74, 6) is 1.20. The first kappa shape index (κ1) is 16.8. The number of anilines is 4. The normalized spacial score (nSPS) is 11.9. The van der Waals surface area contributed by atoms with Gasteiger partial charge in [0.1, 0.15) is 12.0 Å². The molecule has 1 unspecified atom stereocenters. The van der Waals surface area contributed by atoms with Gasteiger partial charge < -0.3 is 16.4 Å². The zero-order valence-corrected chi connectivity index (χ0v) is 15.1. The lowest BCUT2D eigenvalue weighted by Gasteiger charge is -2.18. The molecule has 1 heterocycles. The van der Waals surface area contributed by atoms with Gasteiger partial charge in [0.25, 0.3) is 0 Å². The smallest absolute Gasteiger partial charge is 0.159 e. The van der Waals surface area contributed by atoms with Crippen molar-refractivity contribution in [2.75, 3.05) is 16.4 Å². The van der Waals surface area contributed by atoms with E-state index in [1.807, 2.05) is 42.5 Å². The lowest BCUT2D eigenvalue weighted by Crippen LogP contribution is -2.11. The zero-order chi connectivity index (χ0) is 18.6. The molecule has 0 spiro atoms. The number of rotatable bonds is 5. The summed E-state index contributed by atoms with van der Waals surface area (Å²) in [6.07, 6.45) is 1.52. The van der Waals surface area contributed by atoms with Gasteiger partial charge in [-0.25, -0.2) is 9.97 Å². The summed E-state index contributed by atoms with van der Waals surface area (Å²) in [7, 11) is 0.